The molecule has 1 aromatic heterocycles. The van der Waals surface area contributed by atoms with Crippen LogP contribution in [0.3, 0.4) is 0 Å². The molecule has 1 aliphatic heterocycles. The van der Waals surface area contributed by atoms with E-state index in [9.17, 15) is 0 Å². The van der Waals surface area contributed by atoms with E-state index in [0.717, 1.165) is 76.4 Å². The summed E-state index contributed by atoms with van der Waals surface area (Å²) in [5.74, 6) is 2.75. The predicted molar refractivity (Wildman–Crippen MR) is 120 cm³/mol. The van der Waals surface area contributed by atoms with E-state index in [0.29, 0.717) is 6.54 Å². The van der Waals surface area contributed by atoms with Crippen molar-refractivity contribution < 1.29 is 4.74 Å². The summed E-state index contributed by atoms with van der Waals surface area (Å²) < 4.78 is 7.39. The van der Waals surface area contributed by atoms with Crippen LogP contribution in [0.15, 0.2) is 4.99 Å². The van der Waals surface area contributed by atoms with Gasteiger partial charge in [-0.1, -0.05) is 13.3 Å². The van der Waals surface area contributed by atoms with E-state index in [2.05, 4.69) is 39.3 Å². The first kappa shape index (κ1) is 24.1. The van der Waals surface area contributed by atoms with E-state index >= 15 is 0 Å². The third-order valence-electron chi connectivity index (χ3n) is 4.80. The van der Waals surface area contributed by atoms with Crippen LogP contribution in [-0.2, 0) is 18.3 Å². The van der Waals surface area contributed by atoms with Gasteiger partial charge in [-0.05, 0) is 26.3 Å². The number of guanidine groups is 1. The van der Waals surface area contributed by atoms with E-state index < -0.39 is 0 Å². The number of ether oxygens (including phenoxy) is 1. The highest BCUT2D eigenvalue weighted by molar-refractivity contribution is 14.0. The average Bonchev–Trinajstić information content (AvgIpc) is 2.98. The summed E-state index contributed by atoms with van der Waals surface area (Å²) in [5, 5.41) is 11.8. The molecule has 1 aromatic rings. The van der Waals surface area contributed by atoms with Crippen LogP contribution < -0.4 is 5.32 Å². The monoisotopic (exact) mass is 493 g/mol. The Morgan fingerprint density at radius 2 is 2.00 bits per heavy atom. The fraction of sp³-hybridized carbons (Fsp3) is 0.833. The van der Waals surface area contributed by atoms with Crippen molar-refractivity contribution in [2.45, 2.75) is 39.7 Å². The van der Waals surface area contributed by atoms with Gasteiger partial charge in [-0.3, -0.25) is 4.90 Å². The second kappa shape index (κ2) is 13.3. The Balaban J connectivity index is 0.00000364. The third-order valence-corrected chi connectivity index (χ3v) is 4.80. The Bertz CT molecular complexity index is 558. The minimum Gasteiger partial charge on any atom is -0.379 e. The first-order chi connectivity index (χ1) is 12.6. The van der Waals surface area contributed by atoms with Crippen molar-refractivity contribution >= 4 is 29.9 Å². The molecule has 1 N–H and O–H groups in total. The highest BCUT2D eigenvalue weighted by Crippen LogP contribution is 2.02. The molecule has 8 nitrogen and oxygen atoms in total. The third kappa shape index (κ3) is 8.30. The second-order valence-electron chi connectivity index (χ2n) is 6.87. The molecule has 0 aromatic carbocycles. The largest absolute Gasteiger partial charge is 0.379 e. The minimum atomic E-state index is 0. The van der Waals surface area contributed by atoms with Crippen LogP contribution in [0.2, 0.25) is 0 Å². The van der Waals surface area contributed by atoms with Gasteiger partial charge in [0.05, 0.1) is 13.2 Å². The summed E-state index contributed by atoms with van der Waals surface area (Å²) in [7, 11) is 4.09. The van der Waals surface area contributed by atoms with Crippen LogP contribution in [0.25, 0.3) is 0 Å². The number of aliphatic imine (C=N–C) groups is 1. The Morgan fingerprint density at radius 3 is 2.63 bits per heavy atom. The first-order valence-electron chi connectivity index (χ1n) is 9.76. The summed E-state index contributed by atoms with van der Waals surface area (Å²) >= 11 is 0. The average molecular weight is 493 g/mol. The van der Waals surface area contributed by atoms with Crippen molar-refractivity contribution in [2.24, 2.45) is 12.0 Å². The van der Waals surface area contributed by atoms with Crippen molar-refractivity contribution in [1.82, 2.24) is 29.9 Å². The molecule has 27 heavy (non-hydrogen) atoms. The highest BCUT2D eigenvalue weighted by Gasteiger charge is 2.11. The van der Waals surface area contributed by atoms with Gasteiger partial charge >= 0.3 is 0 Å². The van der Waals surface area contributed by atoms with Crippen LogP contribution in [0.5, 0.6) is 0 Å². The fourth-order valence-corrected chi connectivity index (χ4v) is 2.87. The molecule has 2 heterocycles. The summed E-state index contributed by atoms with van der Waals surface area (Å²) in [5.41, 5.74) is 0. The summed E-state index contributed by atoms with van der Waals surface area (Å²) in [6.45, 7) is 11.5. The number of unbranched alkanes of at least 4 members (excludes halogenated alkanes) is 1. The Kier molecular flexibility index (Phi) is 11.8. The zero-order valence-corrected chi connectivity index (χ0v) is 19.6. The van der Waals surface area contributed by atoms with E-state index in [1.165, 1.54) is 6.42 Å². The molecule has 1 saturated heterocycles. The van der Waals surface area contributed by atoms with Crippen LogP contribution in [-0.4, -0.2) is 83.5 Å². The molecule has 9 heteroatoms. The van der Waals surface area contributed by atoms with Gasteiger partial charge in [-0.25, -0.2) is 4.99 Å². The van der Waals surface area contributed by atoms with Gasteiger partial charge in [0.15, 0.2) is 11.8 Å². The van der Waals surface area contributed by atoms with Crippen molar-refractivity contribution in [1.29, 1.82) is 0 Å². The lowest BCUT2D eigenvalue weighted by molar-refractivity contribution is 0.0375. The highest BCUT2D eigenvalue weighted by atomic mass is 127. The molecule has 0 atom stereocenters. The minimum absolute atomic E-state index is 0. The topological polar surface area (TPSA) is 70.8 Å². The maximum absolute atomic E-state index is 5.40. The van der Waals surface area contributed by atoms with Crippen LogP contribution >= 0.6 is 24.0 Å². The van der Waals surface area contributed by atoms with E-state index in [1.807, 2.05) is 18.5 Å². The van der Waals surface area contributed by atoms with Gasteiger partial charge < -0.3 is 19.5 Å². The maximum Gasteiger partial charge on any atom is 0.194 e. The lowest BCUT2D eigenvalue weighted by Crippen LogP contribution is -2.42. The number of rotatable bonds is 9. The lowest BCUT2D eigenvalue weighted by atomic mass is 10.3. The zero-order chi connectivity index (χ0) is 18.8. The van der Waals surface area contributed by atoms with Gasteiger partial charge in [0.25, 0.3) is 0 Å². The van der Waals surface area contributed by atoms with Crippen molar-refractivity contribution in [2.75, 3.05) is 53.0 Å². The number of aromatic nitrogens is 3. The van der Waals surface area contributed by atoms with Gasteiger partial charge in [0.2, 0.25) is 0 Å². The molecule has 1 fully saturated rings. The SMILES string of the molecule is CCCCN(C)C(=NCc1nnc(C)n1C)NCCCN1CCOCC1.I. The van der Waals surface area contributed by atoms with Crippen LogP contribution in [0.1, 0.15) is 37.8 Å². The molecular formula is C18H36IN7O. The van der Waals surface area contributed by atoms with Crippen molar-refractivity contribution in [3.05, 3.63) is 11.6 Å². The van der Waals surface area contributed by atoms with Crippen molar-refractivity contribution in [3.8, 4) is 0 Å². The Morgan fingerprint density at radius 1 is 1.26 bits per heavy atom. The predicted octanol–water partition coefficient (Wildman–Crippen LogP) is 1.64. The molecular weight excluding hydrogens is 457 g/mol. The molecule has 0 amide bonds. The number of hydrogen-bond acceptors (Lipinski definition) is 5. The lowest BCUT2D eigenvalue weighted by Gasteiger charge is -2.27. The quantitative estimate of drug-likeness (QED) is 0.244. The van der Waals surface area contributed by atoms with E-state index in [1.54, 1.807) is 0 Å². The van der Waals surface area contributed by atoms with E-state index in [-0.39, 0.29) is 24.0 Å². The standard InChI is InChI=1S/C18H35N7O.HI/c1-5-6-9-23(3)18(20-15-17-22-21-16(2)24(17)4)19-8-7-10-25-11-13-26-14-12-25;/h5-15H2,1-4H3,(H,19,20);1H. The zero-order valence-electron chi connectivity index (χ0n) is 17.3. The smallest absolute Gasteiger partial charge is 0.194 e. The van der Waals surface area contributed by atoms with Crippen LogP contribution in [0.4, 0.5) is 0 Å². The molecule has 0 unspecified atom stereocenters. The first-order valence-corrected chi connectivity index (χ1v) is 9.76. The molecule has 0 radical (unpaired) electrons. The molecule has 0 bridgehead atoms. The summed E-state index contributed by atoms with van der Waals surface area (Å²) in [4.78, 5) is 9.45. The number of hydrogen-bond donors (Lipinski definition) is 1. The molecule has 156 valence electrons. The van der Waals surface area contributed by atoms with Crippen LogP contribution in [0, 0.1) is 6.92 Å². The fourth-order valence-electron chi connectivity index (χ4n) is 2.87. The van der Waals surface area contributed by atoms with Gasteiger partial charge in [0, 0.05) is 40.3 Å². The molecule has 0 saturated carbocycles. The summed E-state index contributed by atoms with van der Waals surface area (Å²) in [6.07, 6.45) is 3.44. The normalized spacial score (nSPS) is 15.5. The molecule has 2 rings (SSSR count). The van der Waals surface area contributed by atoms with Crippen molar-refractivity contribution in [3.63, 3.8) is 0 Å². The Labute approximate surface area is 180 Å². The van der Waals surface area contributed by atoms with Gasteiger partial charge in [-0.15, -0.1) is 34.2 Å². The Hall–Kier alpha value is -0.940. The number of halogens is 1. The molecule has 0 spiro atoms. The number of nitrogens with one attached hydrogen (secondary N) is 1. The molecule has 1 aliphatic rings. The number of morpholine rings is 1. The summed E-state index contributed by atoms with van der Waals surface area (Å²) in [6, 6.07) is 0. The van der Waals surface area contributed by atoms with Gasteiger partial charge in [0.1, 0.15) is 12.4 Å². The molecule has 0 aliphatic carbocycles. The number of aryl methyl sites for hydroxylation is 1. The number of nitrogens with zero attached hydrogens (tertiary/aromatic N) is 6. The van der Waals surface area contributed by atoms with Gasteiger partial charge in [-0.2, -0.15) is 0 Å². The maximum atomic E-state index is 5.40. The van der Waals surface area contributed by atoms with E-state index in [4.69, 9.17) is 9.73 Å². The second-order valence-corrected chi connectivity index (χ2v) is 6.87.